The minimum absolute atomic E-state index is 0.0336. The fourth-order valence-corrected chi connectivity index (χ4v) is 2.32. The normalized spacial score (nSPS) is 22.3. The molecule has 2 atom stereocenters. The van der Waals surface area contributed by atoms with Gasteiger partial charge in [-0.15, -0.1) is 0 Å². The molecule has 0 aliphatic heterocycles. The van der Waals surface area contributed by atoms with E-state index >= 15 is 0 Å². The van der Waals surface area contributed by atoms with E-state index in [9.17, 15) is 13.2 Å². The van der Waals surface area contributed by atoms with Gasteiger partial charge in [0.2, 0.25) is 15.9 Å². The van der Waals surface area contributed by atoms with Crippen LogP contribution in [-0.2, 0) is 14.8 Å². The summed E-state index contributed by atoms with van der Waals surface area (Å²) in [5.74, 6) is 0.626. The molecule has 2 N–H and O–H groups in total. The van der Waals surface area contributed by atoms with E-state index < -0.39 is 10.0 Å². The predicted molar refractivity (Wildman–Crippen MR) is 70.8 cm³/mol. The standard InChI is InChI=1S/C12H16N2O3S/c1-8-7-11(8)12(15)13-9-3-5-10(6-4-9)14-18(2,16)17/h3-6,8,11,14H,7H2,1-2H3,(H,13,15). The Bertz CT molecular complexity index is 551. The predicted octanol–water partition coefficient (Wildman–Crippen LogP) is 1.65. The highest BCUT2D eigenvalue weighted by Gasteiger charge is 2.38. The lowest BCUT2D eigenvalue weighted by Crippen LogP contribution is -2.14. The van der Waals surface area contributed by atoms with Crippen molar-refractivity contribution in [3.63, 3.8) is 0 Å². The van der Waals surface area contributed by atoms with Gasteiger partial charge in [-0.05, 0) is 36.6 Å². The highest BCUT2D eigenvalue weighted by atomic mass is 32.2. The molecule has 18 heavy (non-hydrogen) atoms. The Labute approximate surface area is 107 Å². The maximum atomic E-state index is 11.7. The molecule has 2 rings (SSSR count). The molecule has 1 fully saturated rings. The molecule has 1 aliphatic carbocycles. The van der Waals surface area contributed by atoms with Crippen molar-refractivity contribution in [1.82, 2.24) is 0 Å². The van der Waals surface area contributed by atoms with Crippen molar-refractivity contribution in [2.24, 2.45) is 11.8 Å². The van der Waals surface area contributed by atoms with Gasteiger partial charge in [0.05, 0.1) is 6.26 Å². The van der Waals surface area contributed by atoms with Crippen LogP contribution in [0.1, 0.15) is 13.3 Å². The van der Waals surface area contributed by atoms with Crippen LogP contribution in [0.5, 0.6) is 0 Å². The summed E-state index contributed by atoms with van der Waals surface area (Å²) in [5.41, 5.74) is 1.16. The molecule has 0 radical (unpaired) electrons. The minimum atomic E-state index is -3.26. The van der Waals surface area contributed by atoms with Gasteiger partial charge in [0.1, 0.15) is 0 Å². The molecule has 0 saturated heterocycles. The second-order valence-electron chi connectivity index (χ2n) is 4.76. The topological polar surface area (TPSA) is 75.3 Å². The van der Waals surface area contributed by atoms with E-state index in [2.05, 4.69) is 10.0 Å². The monoisotopic (exact) mass is 268 g/mol. The first-order valence-electron chi connectivity index (χ1n) is 5.74. The number of hydrogen-bond donors (Lipinski definition) is 2. The molecule has 6 heteroatoms. The first-order valence-corrected chi connectivity index (χ1v) is 7.63. The SMILES string of the molecule is CC1CC1C(=O)Nc1ccc(NS(C)(=O)=O)cc1. The summed E-state index contributed by atoms with van der Waals surface area (Å²) in [6.45, 7) is 2.05. The van der Waals surface area contributed by atoms with Crippen LogP contribution in [0.25, 0.3) is 0 Å². The van der Waals surface area contributed by atoms with Gasteiger partial charge in [0, 0.05) is 17.3 Å². The zero-order chi connectivity index (χ0) is 13.3. The molecule has 1 aromatic carbocycles. The third-order valence-corrected chi connectivity index (χ3v) is 3.51. The summed E-state index contributed by atoms with van der Waals surface area (Å²) in [4.78, 5) is 11.7. The van der Waals surface area contributed by atoms with Gasteiger partial charge in [-0.1, -0.05) is 6.92 Å². The Morgan fingerprint density at radius 3 is 2.17 bits per heavy atom. The van der Waals surface area contributed by atoms with Gasteiger partial charge >= 0.3 is 0 Å². The molecule has 0 heterocycles. The molecule has 2 unspecified atom stereocenters. The van der Waals surface area contributed by atoms with Crippen molar-refractivity contribution in [2.45, 2.75) is 13.3 Å². The summed E-state index contributed by atoms with van der Waals surface area (Å²) in [7, 11) is -3.26. The van der Waals surface area contributed by atoms with Crippen molar-refractivity contribution in [2.75, 3.05) is 16.3 Å². The largest absolute Gasteiger partial charge is 0.326 e. The van der Waals surface area contributed by atoms with Crippen LogP contribution < -0.4 is 10.0 Å². The van der Waals surface area contributed by atoms with Crippen molar-refractivity contribution < 1.29 is 13.2 Å². The zero-order valence-corrected chi connectivity index (χ0v) is 11.1. The maximum Gasteiger partial charge on any atom is 0.229 e. The van der Waals surface area contributed by atoms with Crippen molar-refractivity contribution >= 4 is 27.3 Å². The number of rotatable bonds is 4. The third kappa shape index (κ3) is 3.46. The van der Waals surface area contributed by atoms with E-state index in [0.717, 1.165) is 12.7 Å². The number of benzene rings is 1. The molecule has 1 aliphatic rings. The molecule has 0 bridgehead atoms. The van der Waals surface area contributed by atoms with E-state index in [0.29, 0.717) is 17.3 Å². The number of carbonyl (C=O) groups excluding carboxylic acids is 1. The van der Waals surface area contributed by atoms with Gasteiger partial charge in [-0.25, -0.2) is 8.42 Å². The van der Waals surface area contributed by atoms with Crippen LogP contribution in [-0.4, -0.2) is 20.6 Å². The molecular formula is C12H16N2O3S. The van der Waals surface area contributed by atoms with Crippen molar-refractivity contribution in [3.05, 3.63) is 24.3 Å². The van der Waals surface area contributed by atoms with Crippen LogP contribution in [0.3, 0.4) is 0 Å². The first kappa shape index (κ1) is 12.9. The maximum absolute atomic E-state index is 11.7. The highest BCUT2D eigenvalue weighted by molar-refractivity contribution is 7.92. The molecule has 98 valence electrons. The minimum Gasteiger partial charge on any atom is -0.326 e. The summed E-state index contributed by atoms with van der Waals surface area (Å²) in [6.07, 6.45) is 2.04. The molecule has 0 aromatic heterocycles. The van der Waals surface area contributed by atoms with Crippen LogP contribution in [0.4, 0.5) is 11.4 Å². The molecule has 1 saturated carbocycles. The van der Waals surface area contributed by atoms with E-state index in [4.69, 9.17) is 0 Å². The average Bonchev–Trinajstić information content (AvgIpc) is 2.96. The molecule has 1 aromatic rings. The third-order valence-electron chi connectivity index (χ3n) is 2.90. The number of anilines is 2. The zero-order valence-electron chi connectivity index (χ0n) is 10.3. The molecule has 5 nitrogen and oxygen atoms in total. The van der Waals surface area contributed by atoms with E-state index in [-0.39, 0.29) is 11.8 Å². The Morgan fingerprint density at radius 1 is 1.22 bits per heavy atom. The van der Waals surface area contributed by atoms with Gasteiger partial charge in [-0.3, -0.25) is 9.52 Å². The lowest BCUT2D eigenvalue weighted by atomic mass is 10.2. The van der Waals surface area contributed by atoms with Crippen LogP contribution in [0.2, 0.25) is 0 Å². The molecule has 0 spiro atoms. The first-order chi connectivity index (χ1) is 8.35. The van der Waals surface area contributed by atoms with Crippen molar-refractivity contribution in [1.29, 1.82) is 0 Å². The van der Waals surface area contributed by atoms with E-state index in [1.807, 2.05) is 6.92 Å². The smallest absolute Gasteiger partial charge is 0.229 e. The number of hydrogen-bond acceptors (Lipinski definition) is 3. The van der Waals surface area contributed by atoms with E-state index in [1.54, 1.807) is 24.3 Å². The van der Waals surface area contributed by atoms with Crippen LogP contribution in [0, 0.1) is 11.8 Å². The summed E-state index contributed by atoms with van der Waals surface area (Å²) < 4.78 is 24.4. The number of carbonyl (C=O) groups is 1. The Morgan fingerprint density at radius 2 is 1.72 bits per heavy atom. The molecular weight excluding hydrogens is 252 g/mol. The number of amides is 1. The van der Waals surface area contributed by atoms with E-state index in [1.165, 1.54) is 0 Å². The molecule has 1 amide bonds. The number of sulfonamides is 1. The highest BCUT2D eigenvalue weighted by Crippen LogP contribution is 2.38. The second-order valence-corrected chi connectivity index (χ2v) is 6.51. The number of nitrogens with one attached hydrogen (secondary N) is 2. The summed E-state index contributed by atoms with van der Waals surface area (Å²) in [6, 6.07) is 6.59. The average molecular weight is 268 g/mol. The van der Waals surface area contributed by atoms with Gasteiger partial charge in [-0.2, -0.15) is 0 Å². The van der Waals surface area contributed by atoms with Gasteiger partial charge < -0.3 is 5.32 Å². The Hall–Kier alpha value is -1.56. The lowest BCUT2D eigenvalue weighted by Gasteiger charge is -2.07. The Kier molecular flexibility index (Phi) is 3.30. The summed E-state index contributed by atoms with van der Waals surface area (Å²) >= 11 is 0. The van der Waals surface area contributed by atoms with Crippen LogP contribution >= 0.6 is 0 Å². The fourth-order valence-electron chi connectivity index (χ4n) is 1.76. The van der Waals surface area contributed by atoms with Crippen molar-refractivity contribution in [3.8, 4) is 0 Å². The van der Waals surface area contributed by atoms with Crippen LogP contribution in [0.15, 0.2) is 24.3 Å². The Balaban J connectivity index is 1.97. The quantitative estimate of drug-likeness (QED) is 0.872. The fraction of sp³-hybridized carbons (Fsp3) is 0.417. The summed E-state index contributed by atoms with van der Waals surface area (Å²) in [5, 5.41) is 2.81. The lowest BCUT2D eigenvalue weighted by molar-refractivity contribution is -0.117. The van der Waals surface area contributed by atoms with Gasteiger partial charge in [0.25, 0.3) is 0 Å². The van der Waals surface area contributed by atoms with Gasteiger partial charge in [0.15, 0.2) is 0 Å². The second kappa shape index (κ2) is 4.61.